The van der Waals surface area contributed by atoms with Gasteiger partial charge < -0.3 is 14.5 Å². The van der Waals surface area contributed by atoms with Gasteiger partial charge in [0.25, 0.3) is 5.91 Å². The van der Waals surface area contributed by atoms with Crippen molar-refractivity contribution in [1.29, 1.82) is 0 Å². The van der Waals surface area contributed by atoms with E-state index in [1.807, 2.05) is 11.9 Å². The molecule has 4 heterocycles. The number of aromatic nitrogens is 3. The van der Waals surface area contributed by atoms with Gasteiger partial charge in [-0.2, -0.15) is 5.10 Å². The Kier molecular flexibility index (Phi) is 4.90. The van der Waals surface area contributed by atoms with Crippen LogP contribution in [0.15, 0.2) is 6.33 Å². The minimum atomic E-state index is -0.0451. The predicted molar refractivity (Wildman–Crippen MR) is 97.0 cm³/mol. The Morgan fingerprint density at radius 1 is 1.26 bits per heavy atom. The van der Waals surface area contributed by atoms with E-state index in [1.165, 1.54) is 11.0 Å². The summed E-state index contributed by atoms with van der Waals surface area (Å²) in [5.74, 6) is 0.534. The van der Waals surface area contributed by atoms with Crippen LogP contribution in [-0.4, -0.2) is 100 Å². The molecule has 2 amide bonds. The lowest BCUT2D eigenvalue weighted by molar-refractivity contribution is -0.134. The molecule has 3 fully saturated rings. The van der Waals surface area contributed by atoms with Crippen LogP contribution in [0, 0.1) is 5.41 Å². The number of carbonyl (C=O) groups is 2. The molecule has 1 aromatic heterocycles. The first-order chi connectivity index (χ1) is 13.0. The maximum Gasteiger partial charge on any atom is 0.291 e. The number of piperazine rings is 1. The Hall–Kier alpha value is -2.00. The van der Waals surface area contributed by atoms with Gasteiger partial charge in [-0.15, -0.1) is 0 Å². The molecule has 0 aliphatic carbocycles. The Balaban J connectivity index is 1.29. The van der Waals surface area contributed by atoms with Gasteiger partial charge in [-0.1, -0.05) is 0 Å². The van der Waals surface area contributed by atoms with Crippen molar-refractivity contribution in [2.45, 2.75) is 25.4 Å². The van der Waals surface area contributed by atoms with Crippen molar-refractivity contribution in [3.05, 3.63) is 12.2 Å². The van der Waals surface area contributed by atoms with Gasteiger partial charge in [0.05, 0.1) is 19.3 Å². The first-order valence-corrected chi connectivity index (χ1v) is 9.67. The summed E-state index contributed by atoms with van der Waals surface area (Å²) in [5, 5.41) is 3.99. The van der Waals surface area contributed by atoms with Crippen LogP contribution in [0.4, 0.5) is 0 Å². The van der Waals surface area contributed by atoms with Crippen molar-refractivity contribution < 1.29 is 14.3 Å². The van der Waals surface area contributed by atoms with Gasteiger partial charge in [0.15, 0.2) is 0 Å². The van der Waals surface area contributed by atoms with E-state index in [-0.39, 0.29) is 23.3 Å². The Morgan fingerprint density at radius 3 is 2.70 bits per heavy atom. The molecule has 9 nitrogen and oxygen atoms in total. The van der Waals surface area contributed by atoms with Crippen molar-refractivity contribution in [1.82, 2.24) is 29.5 Å². The smallest absolute Gasteiger partial charge is 0.291 e. The summed E-state index contributed by atoms with van der Waals surface area (Å²) in [6, 6.07) is 0. The lowest BCUT2D eigenvalue weighted by Crippen LogP contribution is -2.50. The highest BCUT2D eigenvalue weighted by atomic mass is 16.5. The minimum absolute atomic E-state index is 0.0451. The molecule has 3 aliphatic rings. The van der Waals surface area contributed by atoms with Gasteiger partial charge in [-0.3, -0.25) is 14.5 Å². The van der Waals surface area contributed by atoms with Crippen LogP contribution >= 0.6 is 0 Å². The number of amides is 2. The fourth-order valence-electron chi connectivity index (χ4n) is 4.43. The van der Waals surface area contributed by atoms with Crippen molar-refractivity contribution in [3.8, 4) is 0 Å². The van der Waals surface area contributed by atoms with Crippen molar-refractivity contribution in [2.75, 3.05) is 52.9 Å². The number of hydrogen-bond acceptors (Lipinski definition) is 6. The van der Waals surface area contributed by atoms with E-state index in [4.69, 9.17) is 4.74 Å². The summed E-state index contributed by atoms with van der Waals surface area (Å²) in [6.07, 6.45) is 4.52. The molecule has 9 heteroatoms. The number of rotatable bonds is 3. The lowest BCUT2D eigenvalue weighted by Gasteiger charge is -2.38. The quantitative estimate of drug-likeness (QED) is 0.714. The monoisotopic (exact) mass is 376 g/mol. The van der Waals surface area contributed by atoms with Crippen molar-refractivity contribution in [3.63, 3.8) is 0 Å². The van der Waals surface area contributed by atoms with Crippen LogP contribution in [0.5, 0.6) is 0 Å². The molecule has 0 bridgehead atoms. The summed E-state index contributed by atoms with van der Waals surface area (Å²) in [5.41, 5.74) is 0.165. The van der Waals surface area contributed by atoms with Gasteiger partial charge in [0.2, 0.25) is 11.7 Å². The van der Waals surface area contributed by atoms with Crippen molar-refractivity contribution >= 4 is 11.8 Å². The molecule has 1 atom stereocenters. The topological polar surface area (TPSA) is 83.8 Å². The highest BCUT2D eigenvalue weighted by Crippen LogP contribution is 2.42. The van der Waals surface area contributed by atoms with Gasteiger partial charge in [0, 0.05) is 46.8 Å². The van der Waals surface area contributed by atoms with Crippen LogP contribution < -0.4 is 0 Å². The second-order valence-corrected chi connectivity index (χ2v) is 8.19. The van der Waals surface area contributed by atoms with Gasteiger partial charge in [-0.05, 0) is 24.7 Å². The minimum Gasteiger partial charge on any atom is -0.376 e. The third-order valence-corrected chi connectivity index (χ3v) is 6.30. The first-order valence-electron chi connectivity index (χ1n) is 9.67. The van der Waals surface area contributed by atoms with Gasteiger partial charge in [-0.25, -0.2) is 9.67 Å². The zero-order valence-corrected chi connectivity index (χ0v) is 16.1. The SMILES string of the molecule is CN1CCN(C[C@H]2CC3(CCN(C(=O)c4ncnn4C)CC3)CO2)CC1=O. The molecule has 1 aromatic rings. The standard InChI is InChI=1S/C18H28N6O3/c1-21-7-8-23(11-15(21)25)10-14-9-18(12-27-14)3-5-24(6-4-18)17(26)16-19-13-20-22(16)2/h13-14H,3-12H2,1-2H3/t14-/m1/s1. The number of likely N-dealkylation sites (N-methyl/N-ethyl adjacent to an activating group) is 1. The van der Waals surface area contributed by atoms with Crippen LogP contribution in [0.2, 0.25) is 0 Å². The highest BCUT2D eigenvalue weighted by Gasteiger charge is 2.44. The number of aryl methyl sites for hydroxylation is 1. The summed E-state index contributed by atoms with van der Waals surface area (Å²) in [4.78, 5) is 34.4. The molecule has 0 aromatic carbocycles. The largest absolute Gasteiger partial charge is 0.376 e. The number of nitrogens with zero attached hydrogens (tertiary/aromatic N) is 6. The average Bonchev–Trinajstić information content (AvgIpc) is 3.25. The van der Waals surface area contributed by atoms with E-state index in [9.17, 15) is 9.59 Å². The predicted octanol–water partition coefficient (Wildman–Crippen LogP) is -0.400. The first kappa shape index (κ1) is 18.4. The summed E-state index contributed by atoms with van der Waals surface area (Å²) in [7, 11) is 3.60. The third kappa shape index (κ3) is 3.70. The molecular formula is C18H28N6O3. The van der Waals surface area contributed by atoms with E-state index in [0.29, 0.717) is 12.4 Å². The summed E-state index contributed by atoms with van der Waals surface area (Å²) < 4.78 is 7.63. The Morgan fingerprint density at radius 2 is 2.04 bits per heavy atom. The molecule has 0 N–H and O–H groups in total. The maximum atomic E-state index is 12.6. The van der Waals surface area contributed by atoms with E-state index >= 15 is 0 Å². The Labute approximate surface area is 159 Å². The second-order valence-electron chi connectivity index (χ2n) is 8.19. The fraction of sp³-hybridized carbons (Fsp3) is 0.778. The maximum absolute atomic E-state index is 12.6. The number of hydrogen-bond donors (Lipinski definition) is 0. The molecular weight excluding hydrogens is 348 g/mol. The van der Waals surface area contributed by atoms with E-state index in [2.05, 4.69) is 15.0 Å². The van der Waals surface area contributed by atoms with Gasteiger partial charge >= 0.3 is 0 Å². The zero-order valence-electron chi connectivity index (χ0n) is 16.1. The van der Waals surface area contributed by atoms with E-state index in [0.717, 1.165) is 58.6 Å². The number of piperidine rings is 1. The molecule has 3 aliphatic heterocycles. The lowest BCUT2D eigenvalue weighted by atomic mass is 9.76. The zero-order chi connectivity index (χ0) is 19.0. The van der Waals surface area contributed by atoms with Crippen LogP contribution in [0.1, 0.15) is 29.9 Å². The molecule has 4 rings (SSSR count). The highest BCUT2D eigenvalue weighted by molar-refractivity contribution is 5.90. The number of likely N-dealkylation sites (tertiary alicyclic amines) is 1. The average molecular weight is 376 g/mol. The molecule has 148 valence electrons. The van der Waals surface area contributed by atoms with E-state index < -0.39 is 0 Å². The molecule has 0 saturated carbocycles. The van der Waals surface area contributed by atoms with Crippen LogP contribution in [-0.2, 0) is 16.6 Å². The molecule has 3 saturated heterocycles. The Bertz CT molecular complexity index is 712. The summed E-state index contributed by atoms with van der Waals surface area (Å²) >= 11 is 0. The van der Waals surface area contributed by atoms with Crippen LogP contribution in [0.3, 0.4) is 0 Å². The molecule has 1 spiro atoms. The summed E-state index contributed by atoms with van der Waals surface area (Å²) in [6.45, 7) is 5.23. The molecule has 0 unspecified atom stereocenters. The molecule has 27 heavy (non-hydrogen) atoms. The molecule has 0 radical (unpaired) electrons. The number of ether oxygens (including phenoxy) is 1. The van der Waals surface area contributed by atoms with E-state index in [1.54, 1.807) is 11.9 Å². The third-order valence-electron chi connectivity index (χ3n) is 6.30. The van der Waals surface area contributed by atoms with Gasteiger partial charge in [0.1, 0.15) is 6.33 Å². The fourth-order valence-corrected chi connectivity index (χ4v) is 4.43. The normalized spacial score (nSPS) is 26.1. The van der Waals surface area contributed by atoms with Crippen molar-refractivity contribution in [2.24, 2.45) is 12.5 Å². The second kappa shape index (κ2) is 7.20. The van der Waals surface area contributed by atoms with Crippen LogP contribution in [0.25, 0.3) is 0 Å². The number of carbonyl (C=O) groups excluding carboxylic acids is 2.